The fraction of sp³-hybridized carbons (Fsp3) is 0.857. The van der Waals surface area contributed by atoms with E-state index in [0.717, 1.165) is 12.8 Å². The van der Waals surface area contributed by atoms with Gasteiger partial charge in [-0.25, -0.2) is 4.79 Å². The normalized spacial score (nSPS) is 17.4. The first-order valence-corrected chi connectivity index (χ1v) is 7.68. The summed E-state index contributed by atoms with van der Waals surface area (Å²) in [6.45, 7) is 8.19. The molecule has 0 bridgehead atoms. The number of carbonyl (C=O) groups excluding carboxylic acids is 2. The molecule has 5 nitrogen and oxygen atoms in total. The molecule has 0 aromatic rings. The summed E-state index contributed by atoms with van der Waals surface area (Å²) < 4.78 is 5.38. The smallest absolute Gasteiger partial charge is 0.410 e. The van der Waals surface area contributed by atoms with E-state index in [9.17, 15) is 9.59 Å². The highest BCUT2D eigenvalue weighted by Crippen LogP contribution is 2.12. The van der Waals surface area contributed by atoms with E-state index in [1.807, 2.05) is 25.7 Å². The minimum Gasteiger partial charge on any atom is -0.444 e. The summed E-state index contributed by atoms with van der Waals surface area (Å²) in [6.07, 6.45) is 1.66. The molecule has 1 saturated heterocycles. The summed E-state index contributed by atoms with van der Waals surface area (Å²) in [6, 6.07) is 0. The molecule has 2 amide bonds. The minimum atomic E-state index is -0.470. The topological polar surface area (TPSA) is 49.9 Å². The number of rotatable bonds is 2. The second-order valence-corrected chi connectivity index (χ2v) is 6.37. The summed E-state index contributed by atoms with van der Waals surface area (Å²) in [7, 11) is 0. The molecule has 0 radical (unpaired) electrons. The maximum Gasteiger partial charge on any atom is 0.410 e. The number of carbonyl (C=O) groups is 2. The van der Waals surface area contributed by atoms with Gasteiger partial charge >= 0.3 is 6.09 Å². The summed E-state index contributed by atoms with van der Waals surface area (Å²) >= 11 is 5.60. The van der Waals surface area contributed by atoms with Crippen molar-refractivity contribution in [2.45, 2.75) is 45.6 Å². The van der Waals surface area contributed by atoms with E-state index in [2.05, 4.69) is 0 Å². The quantitative estimate of drug-likeness (QED) is 0.736. The van der Waals surface area contributed by atoms with Crippen molar-refractivity contribution in [1.29, 1.82) is 0 Å². The van der Waals surface area contributed by atoms with Gasteiger partial charge in [0.2, 0.25) is 5.91 Å². The van der Waals surface area contributed by atoms with Crippen molar-refractivity contribution in [1.82, 2.24) is 9.80 Å². The molecule has 0 unspecified atom stereocenters. The fourth-order valence-electron chi connectivity index (χ4n) is 2.13. The molecular formula is C14H25ClN2O3. The van der Waals surface area contributed by atoms with Gasteiger partial charge in [-0.15, -0.1) is 11.6 Å². The SMILES string of the molecule is CC(C)(C)OC(=O)N1CCCN(C(=O)CCCl)CCC1. The van der Waals surface area contributed by atoms with Gasteiger partial charge in [-0.1, -0.05) is 0 Å². The van der Waals surface area contributed by atoms with E-state index in [1.54, 1.807) is 4.90 Å². The monoisotopic (exact) mass is 304 g/mol. The molecule has 0 spiro atoms. The van der Waals surface area contributed by atoms with Crippen LogP contribution < -0.4 is 0 Å². The van der Waals surface area contributed by atoms with Crippen LogP contribution in [0, 0.1) is 0 Å². The van der Waals surface area contributed by atoms with Gasteiger partial charge in [-0.3, -0.25) is 4.79 Å². The molecule has 1 rings (SSSR count). The Bertz CT molecular complexity index is 332. The number of ether oxygens (including phenoxy) is 1. The van der Waals surface area contributed by atoms with Crippen molar-refractivity contribution in [2.75, 3.05) is 32.1 Å². The maximum atomic E-state index is 12.0. The van der Waals surface area contributed by atoms with Gasteiger partial charge in [0.25, 0.3) is 0 Å². The van der Waals surface area contributed by atoms with Crippen LogP contribution in [0.2, 0.25) is 0 Å². The molecule has 116 valence electrons. The standard InChI is InChI=1S/C14H25ClN2O3/c1-14(2,3)20-13(19)17-10-4-8-16(9-5-11-17)12(18)6-7-15/h4-11H2,1-3H3. The van der Waals surface area contributed by atoms with Crippen molar-refractivity contribution in [2.24, 2.45) is 0 Å². The minimum absolute atomic E-state index is 0.103. The van der Waals surface area contributed by atoms with Crippen molar-refractivity contribution in [3.63, 3.8) is 0 Å². The highest BCUT2D eigenvalue weighted by molar-refractivity contribution is 6.18. The third-order valence-corrected chi connectivity index (χ3v) is 3.21. The van der Waals surface area contributed by atoms with Crippen LogP contribution in [0.15, 0.2) is 0 Å². The predicted molar refractivity (Wildman–Crippen MR) is 79.0 cm³/mol. The second-order valence-electron chi connectivity index (χ2n) is 5.99. The number of hydrogen-bond donors (Lipinski definition) is 0. The van der Waals surface area contributed by atoms with Crippen molar-refractivity contribution >= 4 is 23.6 Å². The van der Waals surface area contributed by atoms with Gasteiger partial charge in [0.1, 0.15) is 5.60 Å². The first-order valence-electron chi connectivity index (χ1n) is 7.15. The molecule has 1 fully saturated rings. The Morgan fingerprint density at radius 1 is 1.05 bits per heavy atom. The highest BCUT2D eigenvalue weighted by Gasteiger charge is 2.24. The molecule has 6 heteroatoms. The van der Waals surface area contributed by atoms with E-state index in [0.29, 0.717) is 38.5 Å². The van der Waals surface area contributed by atoms with Crippen LogP contribution in [-0.2, 0) is 9.53 Å². The molecule has 0 aromatic heterocycles. The summed E-state index contributed by atoms with van der Waals surface area (Å²) in [4.78, 5) is 27.4. The lowest BCUT2D eigenvalue weighted by Crippen LogP contribution is -2.43. The van der Waals surface area contributed by atoms with Crippen molar-refractivity contribution < 1.29 is 14.3 Å². The van der Waals surface area contributed by atoms with Crippen LogP contribution >= 0.6 is 11.6 Å². The zero-order chi connectivity index (χ0) is 15.2. The van der Waals surface area contributed by atoms with Crippen molar-refractivity contribution in [3.05, 3.63) is 0 Å². The number of nitrogens with zero attached hydrogens (tertiary/aromatic N) is 2. The number of amides is 2. The Kier molecular flexibility index (Phi) is 6.59. The van der Waals surface area contributed by atoms with Crippen LogP contribution in [0.4, 0.5) is 4.79 Å². The zero-order valence-electron chi connectivity index (χ0n) is 12.7. The van der Waals surface area contributed by atoms with Gasteiger partial charge in [0.15, 0.2) is 0 Å². The van der Waals surface area contributed by atoms with Gasteiger partial charge in [-0.05, 0) is 33.6 Å². The maximum absolute atomic E-state index is 12.0. The molecule has 1 heterocycles. The zero-order valence-corrected chi connectivity index (χ0v) is 13.4. The molecule has 0 saturated carbocycles. The lowest BCUT2D eigenvalue weighted by Gasteiger charge is -2.32. The number of halogens is 1. The van der Waals surface area contributed by atoms with E-state index in [-0.39, 0.29) is 12.0 Å². The van der Waals surface area contributed by atoms with Gasteiger partial charge in [0, 0.05) is 38.5 Å². The Balaban J connectivity index is 2.45. The largest absolute Gasteiger partial charge is 0.444 e. The Morgan fingerprint density at radius 2 is 1.55 bits per heavy atom. The van der Waals surface area contributed by atoms with Gasteiger partial charge in [0.05, 0.1) is 0 Å². The third kappa shape index (κ3) is 5.99. The average molecular weight is 305 g/mol. The molecule has 0 N–H and O–H groups in total. The van der Waals surface area contributed by atoms with Crippen LogP contribution in [0.1, 0.15) is 40.0 Å². The highest BCUT2D eigenvalue weighted by atomic mass is 35.5. The number of hydrogen-bond acceptors (Lipinski definition) is 3. The van der Waals surface area contributed by atoms with Gasteiger partial charge < -0.3 is 14.5 Å². The Labute approximate surface area is 126 Å². The average Bonchev–Trinajstić information content (AvgIpc) is 2.26. The first kappa shape index (κ1) is 17.1. The molecule has 0 aliphatic carbocycles. The number of alkyl halides is 1. The molecule has 0 aromatic carbocycles. The van der Waals surface area contributed by atoms with Crippen LogP contribution in [0.3, 0.4) is 0 Å². The molecule has 20 heavy (non-hydrogen) atoms. The summed E-state index contributed by atoms with van der Waals surface area (Å²) in [5.41, 5.74) is -0.470. The third-order valence-electron chi connectivity index (χ3n) is 3.02. The molecule has 1 aliphatic heterocycles. The fourth-order valence-corrected chi connectivity index (χ4v) is 2.29. The van der Waals surface area contributed by atoms with Crippen LogP contribution in [-0.4, -0.2) is 59.5 Å². The van der Waals surface area contributed by atoms with E-state index >= 15 is 0 Å². The predicted octanol–water partition coefficient (Wildman–Crippen LogP) is 2.47. The first-order chi connectivity index (χ1) is 9.33. The molecular weight excluding hydrogens is 280 g/mol. The van der Waals surface area contributed by atoms with Crippen molar-refractivity contribution in [3.8, 4) is 0 Å². The Hall–Kier alpha value is -0.970. The van der Waals surface area contributed by atoms with Crippen LogP contribution in [0.5, 0.6) is 0 Å². The lowest BCUT2D eigenvalue weighted by atomic mass is 10.2. The van der Waals surface area contributed by atoms with Crippen LogP contribution in [0.25, 0.3) is 0 Å². The lowest BCUT2D eigenvalue weighted by molar-refractivity contribution is -0.131. The summed E-state index contributed by atoms with van der Waals surface area (Å²) in [5, 5.41) is 0. The van der Waals surface area contributed by atoms with E-state index in [1.165, 1.54) is 0 Å². The van der Waals surface area contributed by atoms with Gasteiger partial charge in [-0.2, -0.15) is 0 Å². The van der Waals surface area contributed by atoms with E-state index in [4.69, 9.17) is 16.3 Å². The van der Waals surface area contributed by atoms with E-state index < -0.39 is 5.60 Å². The second kappa shape index (κ2) is 7.72. The molecule has 1 aliphatic rings. The summed E-state index contributed by atoms with van der Waals surface area (Å²) in [5.74, 6) is 0.463. The molecule has 0 atom stereocenters. The Morgan fingerprint density at radius 3 is 2.00 bits per heavy atom.